The summed E-state index contributed by atoms with van der Waals surface area (Å²) in [4.78, 5) is 14.9. The fourth-order valence-corrected chi connectivity index (χ4v) is 5.57. The molecule has 0 aromatic heterocycles. The van der Waals surface area contributed by atoms with Gasteiger partial charge in [-0.2, -0.15) is 4.31 Å². The Morgan fingerprint density at radius 1 is 1.19 bits per heavy atom. The predicted octanol–water partition coefficient (Wildman–Crippen LogP) is 2.87. The first-order valence-electron chi connectivity index (χ1n) is 9.99. The lowest BCUT2D eigenvalue weighted by molar-refractivity contribution is -0.131. The molecule has 1 aromatic carbocycles. The van der Waals surface area contributed by atoms with E-state index in [4.69, 9.17) is 0 Å². The van der Waals surface area contributed by atoms with Gasteiger partial charge in [0.15, 0.2) is 0 Å². The van der Waals surface area contributed by atoms with Crippen LogP contribution >= 0.6 is 0 Å². The van der Waals surface area contributed by atoms with Crippen LogP contribution in [0.3, 0.4) is 0 Å². The molecule has 0 bridgehead atoms. The number of likely N-dealkylation sites (N-methyl/N-ethyl adjacent to an activating group) is 1. The second-order valence-corrected chi connectivity index (χ2v) is 9.69. The number of benzene rings is 1. The van der Waals surface area contributed by atoms with Crippen LogP contribution in [0.2, 0.25) is 0 Å². The van der Waals surface area contributed by atoms with Gasteiger partial charge in [-0.15, -0.1) is 0 Å². The molecule has 2 unspecified atom stereocenters. The van der Waals surface area contributed by atoms with E-state index in [0.717, 1.165) is 24.1 Å². The number of sulfonamides is 1. The lowest BCUT2D eigenvalue weighted by Crippen LogP contribution is -2.43. The summed E-state index contributed by atoms with van der Waals surface area (Å²) in [5.74, 6) is 0.579. The van der Waals surface area contributed by atoms with Gasteiger partial charge in [0.2, 0.25) is 15.9 Å². The zero-order valence-electron chi connectivity index (χ0n) is 16.7. The molecule has 150 valence electrons. The molecule has 0 spiro atoms. The van der Waals surface area contributed by atoms with Gasteiger partial charge < -0.3 is 10.2 Å². The van der Waals surface area contributed by atoms with E-state index in [1.54, 1.807) is 22.5 Å². The summed E-state index contributed by atoms with van der Waals surface area (Å²) < 4.78 is 27.7. The summed E-state index contributed by atoms with van der Waals surface area (Å²) in [6.45, 7) is 10.6. The highest BCUT2D eigenvalue weighted by atomic mass is 32.2. The second-order valence-electron chi connectivity index (χ2n) is 7.76. The van der Waals surface area contributed by atoms with Crippen LogP contribution in [-0.2, 0) is 14.8 Å². The minimum Gasteiger partial charge on any atom is -0.373 e. The quantitative estimate of drug-likeness (QED) is 0.835. The molecule has 2 aliphatic heterocycles. The van der Waals surface area contributed by atoms with Gasteiger partial charge in [-0.1, -0.05) is 13.8 Å². The molecule has 3 rings (SSSR count). The summed E-state index contributed by atoms with van der Waals surface area (Å²) in [7, 11) is -3.48. The number of amides is 1. The number of rotatable bonds is 5. The third-order valence-electron chi connectivity index (χ3n) is 6.05. The van der Waals surface area contributed by atoms with Crippen LogP contribution in [0.25, 0.3) is 0 Å². The predicted molar refractivity (Wildman–Crippen MR) is 107 cm³/mol. The Morgan fingerprint density at radius 2 is 1.81 bits per heavy atom. The van der Waals surface area contributed by atoms with Gasteiger partial charge in [-0.3, -0.25) is 4.79 Å². The minimum atomic E-state index is -3.48. The Kier molecular flexibility index (Phi) is 5.82. The van der Waals surface area contributed by atoms with Gasteiger partial charge in [0.25, 0.3) is 0 Å². The lowest BCUT2D eigenvalue weighted by atomic mass is 9.96. The van der Waals surface area contributed by atoms with Crippen LogP contribution in [0, 0.1) is 5.92 Å². The molecule has 1 N–H and O–H groups in total. The summed E-state index contributed by atoms with van der Waals surface area (Å²) in [6.07, 6.45) is 1.81. The molecule has 1 fully saturated rings. The molecule has 1 amide bonds. The molecule has 2 heterocycles. The van der Waals surface area contributed by atoms with E-state index < -0.39 is 10.0 Å². The van der Waals surface area contributed by atoms with Crippen LogP contribution in [-0.4, -0.2) is 55.8 Å². The zero-order chi connectivity index (χ0) is 19.8. The minimum absolute atomic E-state index is 0.0652. The summed E-state index contributed by atoms with van der Waals surface area (Å²) >= 11 is 0. The van der Waals surface area contributed by atoms with Crippen molar-refractivity contribution >= 4 is 21.6 Å². The number of carbonyl (C=O) groups excluding carboxylic acids is 1. The van der Waals surface area contributed by atoms with Crippen LogP contribution in [0.1, 0.15) is 52.0 Å². The van der Waals surface area contributed by atoms with Gasteiger partial charge in [-0.25, -0.2) is 8.42 Å². The van der Waals surface area contributed by atoms with E-state index in [1.807, 2.05) is 25.7 Å². The summed E-state index contributed by atoms with van der Waals surface area (Å²) in [6, 6.07) is 4.89. The number of carbonyl (C=O) groups is 1. The van der Waals surface area contributed by atoms with Crippen LogP contribution in [0.4, 0.5) is 5.69 Å². The van der Waals surface area contributed by atoms with Gasteiger partial charge in [0.05, 0.1) is 4.90 Å². The van der Waals surface area contributed by atoms with E-state index in [9.17, 15) is 13.2 Å². The van der Waals surface area contributed by atoms with Crippen molar-refractivity contribution in [3.05, 3.63) is 23.8 Å². The Labute approximate surface area is 163 Å². The molecule has 1 saturated heterocycles. The lowest BCUT2D eigenvalue weighted by Gasteiger charge is -2.29. The van der Waals surface area contributed by atoms with E-state index in [0.29, 0.717) is 37.0 Å². The standard InChI is InChI=1S/C20H31N3O3S/c1-5-22(6-2)20(24)19-15(4)17-13-16(7-8-18(17)21-19)27(25,26)23-11-9-14(3)10-12-23/h7-8,13-15,19,21H,5-6,9-12H2,1-4H3. The third-order valence-corrected chi connectivity index (χ3v) is 7.94. The van der Waals surface area contributed by atoms with Gasteiger partial charge in [0.1, 0.15) is 6.04 Å². The largest absolute Gasteiger partial charge is 0.373 e. The SMILES string of the molecule is CCN(CC)C(=O)C1Nc2ccc(S(=O)(=O)N3CCC(C)CC3)cc2C1C. The van der Waals surface area contributed by atoms with Crippen LogP contribution in [0.15, 0.2) is 23.1 Å². The van der Waals surface area contributed by atoms with Crippen molar-refractivity contribution in [1.29, 1.82) is 0 Å². The number of nitrogens with one attached hydrogen (secondary N) is 1. The Balaban J connectivity index is 1.84. The normalized spacial score (nSPS) is 23.7. The first kappa shape index (κ1) is 20.1. The number of anilines is 1. The molecule has 27 heavy (non-hydrogen) atoms. The monoisotopic (exact) mass is 393 g/mol. The maximum Gasteiger partial charge on any atom is 0.245 e. The molecule has 6 nitrogen and oxygen atoms in total. The van der Waals surface area contributed by atoms with Gasteiger partial charge in [-0.05, 0) is 56.4 Å². The van der Waals surface area contributed by atoms with Crippen molar-refractivity contribution < 1.29 is 13.2 Å². The van der Waals surface area contributed by atoms with Gasteiger partial charge >= 0.3 is 0 Å². The first-order chi connectivity index (χ1) is 12.8. The first-order valence-corrected chi connectivity index (χ1v) is 11.4. The van der Waals surface area contributed by atoms with Crippen molar-refractivity contribution in [3.63, 3.8) is 0 Å². The maximum atomic E-state index is 13.0. The van der Waals surface area contributed by atoms with Crippen molar-refractivity contribution in [1.82, 2.24) is 9.21 Å². The second kappa shape index (κ2) is 7.80. The summed E-state index contributed by atoms with van der Waals surface area (Å²) in [5.41, 5.74) is 1.77. The topological polar surface area (TPSA) is 69.7 Å². The molecule has 0 radical (unpaired) electrons. The number of fused-ring (bicyclic) bond motifs is 1. The molecule has 0 saturated carbocycles. The number of hydrogen-bond donors (Lipinski definition) is 1. The fourth-order valence-electron chi connectivity index (χ4n) is 4.06. The van der Waals surface area contributed by atoms with Crippen molar-refractivity contribution in [2.75, 3.05) is 31.5 Å². The number of nitrogens with zero attached hydrogens (tertiary/aromatic N) is 2. The third kappa shape index (κ3) is 3.72. The average Bonchev–Trinajstić information content (AvgIpc) is 2.99. The summed E-state index contributed by atoms with van der Waals surface area (Å²) in [5, 5.41) is 3.30. The highest BCUT2D eigenvalue weighted by molar-refractivity contribution is 7.89. The molecular formula is C20H31N3O3S. The highest BCUT2D eigenvalue weighted by Gasteiger charge is 2.37. The van der Waals surface area contributed by atoms with E-state index in [-0.39, 0.29) is 17.9 Å². The molecule has 1 aromatic rings. The fraction of sp³-hybridized carbons (Fsp3) is 0.650. The molecule has 0 aliphatic carbocycles. The van der Waals surface area contributed by atoms with Crippen molar-refractivity contribution in [2.24, 2.45) is 5.92 Å². The van der Waals surface area contributed by atoms with E-state index >= 15 is 0 Å². The van der Waals surface area contributed by atoms with Crippen molar-refractivity contribution in [3.8, 4) is 0 Å². The van der Waals surface area contributed by atoms with Crippen LogP contribution < -0.4 is 5.32 Å². The van der Waals surface area contributed by atoms with Gasteiger partial charge in [0, 0.05) is 37.8 Å². The van der Waals surface area contributed by atoms with E-state index in [1.165, 1.54) is 0 Å². The Morgan fingerprint density at radius 3 is 2.41 bits per heavy atom. The Hall–Kier alpha value is -1.60. The average molecular weight is 394 g/mol. The Bertz CT molecular complexity index is 797. The number of hydrogen-bond acceptors (Lipinski definition) is 4. The van der Waals surface area contributed by atoms with Crippen LogP contribution in [0.5, 0.6) is 0 Å². The molecule has 2 atom stereocenters. The molecule has 2 aliphatic rings. The highest BCUT2D eigenvalue weighted by Crippen LogP contribution is 2.38. The number of piperidine rings is 1. The molecular weight excluding hydrogens is 362 g/mol. The zero-order valence-corrected chi connectivity index (χ0v) is 17.6. The maximum absolute atomic E-state index is 13.0. The van der Waals surface area contributed by atoms with Crippen molar-refractivity contribution in [2.45, 2.75) is 57.4 Å². The van der Waals surface area contributed by atoms with E-state index in [2.05, 4.69) is 12.2 Å². The smallest absolute Gasteiger partial charge is 0.245 e. The molecule has 7 heteroatoms.